The number of anilines is 3. The number of aromatic nitrogens is 1. The summed E-state index contributed by atoms with van der Waals surface area (Å²) in [6.07, 6.45) is 1.78. The SMILES string of the molecule is N#CNC1=NC(c2ccccc2COc2cc(F)cc(F)c2)c2c(nc(N)c(C#N)c2N)N1. The number of fused-ring (bicyclic) bond motifs is 1. The van der Waals surface area contributed by atoms with Crippen molar-refractivity contribution >= 4 is 23.3 Å². The van der Waals surface area contributed by atoms with E-state index < -0.39 is 17.7 Å². The summed E-state index contributed by atoms with van der Waals surface area (Å²) < 4.78 is 32.6. The second kappa shape index (κ2) is 8.69. The van der Waals surface area contributed by atoms with E-state index in [1.807, 2.05) is 6.07 Å². The van der Waals surface area contributed by atoms with Crippen LogP contribution in [0.15, 0.2) is 47.5 Å². The molecule has 33 heavy (non-hydrogen) atoms. The van der Waals surface area contributed by atoms with E-state index in [1.54, 1.807) is 30.5 Å². The number of rotatable bonds is 4. The summed E-state index contributed by atoms with van der Waals surface area (Å²) in [6, 6.07) is 11.1. The van der Waals surface area contributed by atoms with E-state index in [9.17, 15) is 14.0 Å². The zero-order valence-electron chi connectivity index (χ0n) is 16.9. The van der Waals surface area contributed by atoms with Crippen molar-refractivity contribution in [1.82, 2.24) is 10.3 Å². The number of nitrogens with one attached hydrogen (secondary N) is 2. The zero-order chi connectivity index (χ0) is 23.5. The highest BCUT2D eigenvalue weighted by Crippen LogP contribution is 2.41. The van der Waals surface area contributed by atoms with Gasteiger partial charge in [-0.15, -0.1) is 0 Å². The number of hydrogen-bond acceptors (Lipinski definition) is 9. The Labute approximate surface area is 186 Å². The van der Waals surface area contributed by atoms with Crippen LogP contribution >= 0.6 is 0 Å². The number of nitrogens with zero attached hydrogens (tertiary/aromatic N) is 4. The van der Waals surface area contributed by atoms with Gasteiger partial charge in [-0.1, -0.05) is 24.3 Å². The van der Waals surface area contributed by atoms with Crippen molar-refractivity contribution < 1.29 is 13.5 Å². The third kappa shape index (κ3) is 4.16. The Bertz CT molecular complexity index is 1340. The molecule has 0 saturated carbocycles. The fraction of sp³-hybridized carbons (Fsp3) is 0.0909. The molecule has 9 nitrogen and oxygen atoms in total. The summed E-state index contributed by atoms with van der Waals surface area (Å²) >= 11 is 0. The number of nitriles is 2. The molecule has 1 aliphatic rings. The van der Waals surface area contributed by atoms with Gasteiger partial charge < -0.3 is 21.5 Å². The van der Waals surface area contributed by atoms with Gasteiger partial charge in [0.15, 0.2) is 6.19 Å². The van der Waals surface area contributed by atoms with Gasteiger partial charge in [0, 0.05) is 23.8 Å². The summed E-state index contributed by atoms with van der Waals surface area (Å²) in [5, 5.41) is 23.8. The van der Waals surface area contributed by atoms with Crippen molar-refractivity contribution in [2.75, 3.05) is 16.8 Å². The lowest BCUT2D eigenvalue weighted by Crippen LogP contribution is -2.33. The van der Waals surface area contributed by atoms with E-state index in [0.717, 1.165) is 18.2 Å². The molecule has 0 bridgehead atoms. The first-order valence-corrected chi connectivity index (χ1v) is 9.56. The van der Waals surface area contributed by atoms with E-state index in [2.05, 4.69) is 20.6 Å². The fourth-order valence-electron chi connectivity index (χ4n) is 3.51. The van der Waals surface area contributed by atoms with Crippen molar-refractivity contribution in [2.45, 2.75) is 12.6 Å². The highest BCUT2D eigenvalue weighted by molar-refractivity contribution is 5.98. The van der Waals surface area contributed by atoms with Crippen LogP contribution in [0.25, 0.3) is 0 Å². The van der Waals surface area contributed by atoms with Gasteiger partial charge in [0.05, 0.1) is 5.69 Å². The summed E-state index contributed by atoms with van der Waals surface area (Å²) in [5.41, 5.74) is 13.9. The van der Waals surface area contributed by atoms with Crippen LogP contribution in [0.5, 0.6) is 5.75 Å². The molecule has 4 rings (SSSR count). The number of ether oxygens (including phenoxy) is 1. The Kier molecular flexibility index (Phi) is 5.62. The normalized spacial score (nSPS) is 14.2. The molecule has 1 unspecified atom stereocenters. The highest BCUT2D eigenvalue weighted by Gasteiger charge is 2.30. The molecule has 1 aromatic heterocycles. The molecule has 164 valence electrons. The Morgan fingerprint density at radius 2 is 1.85 bits per heavy atom. The fourth-order valence-corrected chi connectivity index (χ4v) is 3.51. The quantitative estimate of drug-likeness (QED) is 0.352. The molecule has 3 aromatic rings. The van der Waals surface area contributed by atoms with Crippen molar-refractivity contribution in [3.05, 3.63) is 76.4 Å². The number of hydrogen-bond donors (Lipinski definition) is 4. The minimum absolute atomic E-state index is 0.0106. The summed E-state index contributed by atoms with van der Waals surface area (Å²) in [7, 11) is 0. The smallest absolute Gasteiger partial charge is 0.211 e. The lowest BCUT2D eigenvalue weighted by molar-refractivity contribution is 0.301. The van der Waals surface area contributed by atoms with Crippen molar-refractivity contribution in [1.29, 1.82) is 10.5 Å². The van der Waals surface area contributed by atoms with Crippen LogP contribution in [-0.4, -0.2) is 10.9 Å². The lowest BCUT2D eigenvalue weighted by atomic mass is 9.92. The van der Waals surface area contributed by atoms with Gasteiger partial charge in [-0.25, -0.2) is 18.8 Å². The molecule has 6 N–H and O–H groups in total. The Hall–Kier alpha value is -4.90. The molecule has 0 amide bonds. The molecule has 2 heterocycles. The van der Waals surface area contributed by atoms with E-state index in [4.69, 9.17) is 21.5 Å². The maximum Gasteiger partial charge on any atom is 0.211 e. The van der Waals surface area contributed by atoms with Crippen LogP contribution in [0.3, 0.4) is 0 Å². The Balaban J connectivity index is 1.79. The van der Waals surface area contributed by atoms with Gasteiger partial charge in [-0.05, 0) is 11.1 Å². The number of aliphatic imine (C=N–C) groups is 1. The second-order valence-corrected chi connectivity index (χ2v) is 6.99. The number of nitrogens with two attached hydrogens (primary N) is 2. The second-order valence-electron chi connectivity index (χ2n) is 6.99. The first-order chi connectivity index (χ1) is 15.9. The summed E-state index contributed by atoms with van der Waals surface area (Å²) in [5.74, 6) is -1.23. The van der Waals surface area contributed by atoms with Gasteiger partial charge in [0.2, 0.25) is 5.96 Å². The predicted molar refractivity (Wildman–Crippen MR) is 117 cm³/mol. The molecule has 0 radical (unpaired) electrons. The third-order valence-electron chi connectivity index (χ3n) is 4.94. The highest BCUT2D eigenvalue weighted by atomic mass is 19.1. The molecule has 0 spiro atoms. The number of nitrogen functional groups attached to an aromatic ring is 2. The number of benzene rings is 2. The first-order valence-electron chi connectivity index (χ1n) is 9.56. The average Bonchev–Trinajstić information content (AvgIpc) is 2.77. The Morgan fingerprint density at radius 1 is 1.12 bits per heavy atom. The van der Waals surface area contributed by atoms with Crippen LogP contribution in [0.1, 0.15) is 28.3 Å². The first kappa shape index (κ1) is 21.3. The third-order valence-corrected chi connectivity index (χ3v) is 4.94. The largest absolute Gasteiger partial charge is 0.489 e. The molecule has 1 aliphatic heterocycles. The van der Waals surface area contributed by atoms with Gasteiger partial charge in [-0.2, -0.15) is 10.5 Å². The number of guanidine groups is 1. The number of pyridine rings is 1. The number of halogens is 2. The molecule has 1 atom stereocenters. The van der Waals surface area contributed by atoms with E-state index in [0.29, 0.717) is 16.7 Å². The van der Waals surface area contributed by atoms with Crippen LogP contribution in [0.2, 0.25) is 0 Å². The van der Waals surface area contributed by atoms with E-state index in [-0.39, 0.29) is 41.2 Å². The van der Waals surface area contributed by atoms with Gasteiger partial charge in [-0.3, -0.25) is 5.32 Å². The van der Waals surface area contributed by atoms with Crippen molar-refractivity contribution in [2.24, 2.45) is 4.99 Å². The monoisotopic (exact) mass is 446 g/mol. The van der Waals surface area contributed by atoms with E-state index in [1.165, 1.54) is 0 Å². The predicted octanol–water partition coefficient (Wildman–Crippen LogP) is 2.92. The maximum atomic E-state index is 13.5. The van der Waals surface area contributed by atoms with Crippen LogP contribution < -0.4 is 26.8 Å². The van der Waals surface area contributed by atoms with Gasteiger partial charge in [0.25, 0.3) is 0 Å². The topological polar surface area (TPSA) is 158 Å². The van der Waals surface area contributed by atoms with Crippen molar-refractivity contribution in [3.63, 3.8) is 0 Å². The standard InChI is InChI=1S/C22H16F2N8O/c23-12-5-13(24)7-14(6-12)33-9-11-3-1-2-4-15(11)19-17-18(27)16(8-25)20(28)31-21(17)32-22(30-19)29-10-26/h1-7,19H,9H2,(H6,27,28,29,30,31,32). The molecule has 2 aromatic carbocycles. The maximum absolute atomic E-state index is 13.5. The minimum Gasteiger partial charge on any atom is -0.489 e. The van der Waals surface area contributed by atoms with Crippen LogP contribution in [0.4, 0.5) is 26.1 Å². The molecule has 0 saturated heterocycles. The van der Waals surface area contributed by atoms with E-state index >= 15 is 0 Å². The van der Waals surface area contributed by atoms with Gasteiger partial charge >= 0.3 is 0 Å². The van der Waals surface area contributed by atoms with Crippen LogP contribution in [-0.2, 0) is 6.61 Å². The molecule has 11 heteroatoms. The van der Waals surface area contributed by atoms with Crippen molar-refractivity contribution in [3.8, 4) is 18.0 Å². The Morgan fingerprint density at radius 3 is 2.55 bits per heavy atom. The zero-order valence-corrected chi connectivity index (χ0v) is 16.9. The van der Waals surface area contributed by atoms with Crippen LogP contribution in [0, 0.1) is 34.4 Å². The summed E-state index contributed by atoms with van der Waals surface area (Å²) in [6.45, 7) is -0.0394. The molecular weight excluding hydrogens is 430 g/mol. The summed E-state index contributed by atoms with van der Waals surface area (Å²) in [4.78, 5) is 8.73. The molecule has 0 aliphatic carbocycles. The van der Waals surface area contributed by atoms with Gasteiger partial charge in [0.1, 0.15) is 53.3 Å². The molecular formula is C22H16F2N8O. The minimum atomic E-state index is -0.777. The molecule has 0 fully saturated rings. The lowest BCUT2D eigenvalue weighted by Gasteiger charge is -2.27. The average molecular weight is 446 g/mol.